The fourth-order valence-corrected chi connectivity index (χ4v) is 8.78. The Morgan fingerprint density at radius 2 is 1.88 bits per heavy atom. The number of hydrogen-bond acceptors (Lipinski definition) is 2. The van der Waals surface area contributed by atoms with Gasteiger partial charge < -0.3 is 9.47 Å². The molecule has 0 aliphatic heterocycles. The van der Waals surface area contributed by atoms with Crippen LogP contribution in [0.3, 0.4) is 0 Å². The molecule has 0 heterocycles. The zero-order valence-corrected chi connectivity index (χ0v) is 16.9. The van der Waals surface area contributed by atoms with E-state index in [1.54, 1.807) is 7.11 Å². The first kappa shape index (κ1) is 17.7. The zero-order chi connectivity index (χ0) is 17.8. The third-order valence-electron chi connectivity index (χ3n) is 9.97. The first-order valence-electron chi connectivity index (χ1n) is 11.4. The molecule has 0 N–H and O–H groups in total. The molecular formula is C24H38O2. The minimum atomic E-state index is 0.443. The molecule has 26 heavy (non-hydrogen) atoms. The van der Waals surface area contributed by atoms with E-state index in [-0.39, 0.29) is 0 Å². The van der Waals surface area contributed by atoms with Crippen molar-refractivity contribution in [3.63, 3.8) is 0 Å². The van der Waals surface area contributed by atoms with E-state index < -0.39 is 0 Å². The largest absolute Gasteiger partial charge is 0.359 e. The van der Waals surface area contributed by atoms with Gasteiger partial charge in [0.15, 0.2) is 0 Å². The first-order chi connectivity index (χ1) is 12.7. The van der Waals surface area contributed by atoms with Crippen LogP contribution < -0.4 is 0 Å². The second-order valence-electron chi connectivity index (χ2n) is 10.5. The van der Waals surface area contributed by atoms with Crippen LogP contribution in [0.15, 0.2) is 12.2 Å². The summed E-state index contributed by atoms with van der Waals surface area (Å²) in [6, 6.07) is 0. The Kier molecular flexibility index (Phi) is 4.52. The molecule has 5 aliphatic carbocycles. The van der Waals surface area contributed by atoms with E-state index in [0.717, 1.165) is 29.6 Å². The van der Waals surface area contributed by atoms with Gasteiger partial charge in [0, 0.05) is 7.11 Å². The van der Waals surface area contributed by atoms with Gasteiger partial charge >= 0.3 is 0 Å². The molecule has 0 radical (unpaired) electrons. The quantitative estimate of drug-likeness (QED) is 0.457. The van der Waals surface area contributed by atoms with E-state index in [4.69, 9.17) is 9.47 Å². The van der Waals surface area contributed by atoms with E-state index in [1.165, 1.54) is 70.6 Å². The highest BCUT2D eigenvalue weighted by Gasteiger charge is 2.61. The SMILES string of the molecule is COCO[C@@H]1CC[C@@]2(C)[C@@H](CC[C@@H]3[C@@H]2CC[C@@]24CCC=C[C@H]2CC[C@@H]34)C1. The molecule has 4 fully saturated rings. The van der Waals surface area contributed by atoms with Crippen molar-refractivity contribution in [2.45, 2.75) is 83.7 Å². The lowest BCUT2D eigenvalue weighted by Crippen LogP contribution is -2.54. The van der Waals surface area contributed by atoms with Gasteiger partial charge in [0.25, 0.3) is 0 Å². The molecule has 2 nitrogen and oxygen atoms in total. The molecule has 0 saturated heterocycles. The molecule has 146 valence electrons. The van der Waals surface area contributed by atoms with Crippen molar-refractivity contribution in [1.29, 1.82) is 0 Å². The lowest BCUT2D eigenvalue weighted by Gasteiger charge is -2.62. The van der Waals surface area contributed by atoms with Crippen LogP contribution >= 0.6 is 0 Å². The Bertz CT molecular complexity index is 556. The van der Waals surface area contributed by atoms with Gasteiger partial charge in [-0.3, -0.25) is 0 Å². The van der Waals surface area contributed by atoms with Gasteiger partial charge in [0.05, 0.1) is 6.10 Å². The van der Waals surface area contributed by atoms with Crippen LogP contribution in [0.25, 0.3) is 0 Å². The summed E-state index contributed by atoms with van der Waals surface area (Å²) in [4.78, 5) is 0. The maximum atomic E-state index is 5.97. The predicted octanol–water partition coefficient (Wildman–Crippen LogP) is 5.96. The molecule has 0 aromatic carbocycles. The normalized spacial score (nSPS) is 52.7. The second-order valence-corrected chi connectivity index (χ2v) is 10.5. The summed E-state index contributed by atoms with van der Waals surface area (Å²) in [7, 11) is 1.74. The summed E-state index contributed by atoms with van der Waals surface area (Å²) in [6.07, 6.45) is 21.3. The van der Waals surface area contributed by atoms with Crippen molar-refractivity contribution < 1.29 is 9.47 Å². The number of rotatable bonds is 3. The van der Waals surface area contributed by atoms with E-state index in [9.17, 15) is 0 Å². The summed E-state index contributed by atoms with van der Waals surface area (Å²) >= 11 is 0. The summed E-state index contributed by atoms with van der Waals surface area (Å²) in [5, 5.41) is 0. The number of allylic oxidation sites excluding steroid dienone is 2. The average Bonchev–Trinajstić information content (AvgIpc) is 3.06. The smallest absolute Gasteiger partial charge is 0.146 e. The van der Waals surface area contributed by atoms with Crippen molar-refractivity contribution in [2.24, 2.45) is 40.4 Å². The van der Waals surface area contributed by atoms with Crippen molar-refractivity contribution in [3.05, 3.63) is 12.2 Å². The highest BCUT2D eigenvalue weighted by Crippen LogP contribution is 2.69. The van der Waals surface area contributed by atoms with Gasteiger partial charge in [-0.25, -0.2) is 0 Å². The van der Waals surface area contributed by atoms with Crippen molar-refractivity contribution >= 4 is 0 Å². The molecule has 2 heteroatoms. The van der Waals surface area contributed by atoms with Crippen molar-refractivity contribution in [3.8, 4) is 0 Å². The predicted molar refractivity (Wildman–Crippen MR) is 105 cm³/mol. The summed E-state index contributed by atoms with van der Waals surface area (Å²) < 4.78 is 11.1. The monoisotopic (exact) mass is 358 g/mol. The molecule has 0 bridgehead atoms. The molecule has 0 unspecified atom stereocenters. The molecule has 8 atom stereocenters. The maximum absolute atomic E-state index is 5.97. The highest BCUT2D eigenvalue weighted by atomic mass is 16.7. The van der Waals surface area contributed by atoms with Gasteiger partial charge in [-0.15, -0.1) is 0 Å². The van der Waals surface area contributed by atoms with Gasteiger partial charge in [0.1, 0.15) is 6.79 Å². The van der Waals surface area contributed by atoms with Crippen LogP contribution in [0, 0.1) is 40.4 Å². The average molecular weight is 359 g/mol. The van der Waals surface area contributed by atoms with Crippen LogP contribution in [0.2, 0.25) is 0 Å². The van der Waals surface area contributed by atoms with Gasteiger partial charge in [-0.2, -0.15) is 0 Å². The lowest BCUT2D eigenvalue weighted by atomic mass is 9.43. The van der Waals surface area contributed by atoms with Crippen molar-refractivity contribution in [1.82, 2.24) is 0 Å². The zero-order valence-electron chi connectivity index (χ0n) is 16.9. The van der Waals surface area contributed by atoms with E-state index >= 15 is 0 Å². The lowest BCUT2D eigenvalue weighted by molar-refractivity contribution is -0.154. The number of hydrogen-bond donors (Lipinski definition) is 0. The van der Waals surface area contributed by atoms with Gasteiger partial charge in [0.2, 0.25) is 0 Å². The number of ether oxygens (including phenoxy) is 2. The van der Waals surface area contributed by atoms with Crippen LogP contribution in [-0.2, 0) is 9.47 Å². The highest BCUT2D eigenvalue weighted by molar-refractivity contribution is 5.16. The van der Waals surface area contributed by atoms with Crippen LogP contribution in [0.1, 0.15) is 77.6 Å². The Morgan fingerprint density at radius 1 is 0.962 bits per heavy atom. The van der Waals surface area contributed by atoms with E-state index in [2.05, 4.69) is 19.1 Å². The minimum Gasteiger partial charge on any atom is -0.359 e. The van der Waals surface area contributed by atoms with E-state index in [1.807, 2.05) is 0 Å². The summed E-state index contributed by atoms with van der Waals surface area (Å²) in [5.41, 5.74) is 1.29. The molecule has 1 spiro atoms. The molecule has 5 aliphatic rings. The Morgan fingerprint density at radius 3 is 2.77 bits per heavy atom. The topological polar surface area (TPSA) is 18.5 Å². The molecule has 4 saturated carbocycles. The Balaban J connectivity index is 1.35. The van der Waals surface area contributed by atoms with Crippen molar-refractivity contribution in [2.75, 3.05) is 13.9 Å². The Labute approximate surface area is 160 Å². The first-order valence-corrected chi connectivity index (χ1v) is 11.4. The van der Waals surface area contributed by atoms with Crippen LogP contribution in [-0.4, -0.2) is 20.0 Å². The second kappa shape index (κ2) is 6.62. The third kappa shape index (κ3) is 2.50. The third-order valence-corrected chi connectivity index (χ3v) is 9.97. The van der Waals surface area contributed by atoms with Crippen LogP contribution in [0.4, 0.5) is 0 Å². The maximum Gasteiger partial charge on any atom is 0.146 e. The standard InChI is InChI=1S/C24H38O2/c1-23-13-10-19(26-16-25-2)15-18(23)6-8-20-21(23)11-14-24-12-4-3-5-17(24)7-9-22(20)24/h3,5,17-22H,4,6-16H2,1-2H3/t17-,18-,19+,20+,21-,22-,23-,24-/m0/s1. The minimum absolute atomic E-state index is 0.443. The van der Waals surface area contributed by atoms with E-state index in [0.29, 0.717) is 23.7 Å². The summed E-state index contributed by atoms with van der Waals surface area (Å²) in [5.74, 6) is 4.86. The van der Waals surface area contributed by atoms with Gasteiger partial charge in [-0.1, -0.05) is 19.1 Å². The Hall–Kier alpha value is -0.340. The van der Waals surface area contributed by atoms with Crippen LogP contribution in [0.5, 0.6) is 0 Å². The molecule has 0 aromatic rings. The summed E-state index contributed by atoms with van der Waals surface area (Å²) in [6.45, 7) is 3.14. The van der Waals surface area contributed by atoms with Gasteiger partial charge in [-0.05, 0) is 111 Å². The molecule has 0 aromatic heterocycles. The molecule has 5 rings (SSSR count). The molecule has 0 amide bonds. The molecular weight excluding hydrogens is 320 g/mol. The fraction of sp³-hybridized carbons (Fsp3) is 0.917. The fourth-order valence-electron chi connectivity index (χ4n) is 8.78. The number of fused-ring (bicyclic) bond motifs is 4. The number of methoxy groups -OCH3 is 1.